The Balaban J connectivity index is 1.80. The number of rotatable bonds is 5. The van der Waals surface area contributed by atoms with Crippen molar-refractivity contribution in [2.75, 3.05) is 11.9 Å². The van der Waals surface area contributed by atoms with Gasteiger partial charge in [0.2, 0.25) is 0 Å². The lowest BCUT2D eigenvalue weighted by Gasteiger charge is -2.27. The normalized spacial score (nSPS) is 20.2. The summed E-state index contributed by atoms with van der Waals surface area (Å²) in [5.41, 5.74) is 2.57. The molecule has 0 bridgehead atoms. The Kier molecular flexibility index (Phi) is 3.52. The van der Waals surface area contributed by atoms with Gasteiger partial charge in [-0.3, -0.25) is 4.68 Å². The molecule has 2 aliphatic carbocycles. The zero-order valence-corrected chi connectivity index (χ0v) is 12.4. The van der Waals surface area contributed by atoms with Crippen LogP contribution in [0.25, 0.3) is 0 Å². The quantitative estimate of drug-likeness (QED) is 0.884. The number of aryl methyl sites for hydroxylation is 2. The van der Waals surface area contributed by atoms with Gasteiger partial charge in [-0.25, -0.2) is 0 Å². The van der Waals surface area contributed by atoms with Crippen molar-refractivity contribution >= 4 is 5.82 Å². The van der Waals surface area contributed by atoms with Crippen LogP contribution in [0.3, 0.4) is 0 Å². The molecule has 0 unspecified atom stereocenters. The van der Waals surface area contributed by atoms with E-state index in [4.69, 9.17) is 0 Å². The smallest absolute Gasteiger partial charge is 0.131 e. The van der Waals surface area contributed by atoms with Gasteiger partial charge in [0.25, 0.3) is 0 Å². The SMILES string of the molecule is Cc1nn(C)c(N(C)C2CCCC2)c1CNC1CC1. The molecule has 2 fully saturated rings. The van der Waals surface area contributed by atoms with Crippen molar-refractivity contribution in [3.63, 3.8) is 0 Å². The van der Waals surface area contributed by atoms with Gasteiger partial charge in [-0.1, -0.05) is 12.8 Å². The molecule has 0 amide bonds. The van der Waals surface area contributed by atoms with E-state index in [2.05, 4.69) is 41.0 Å². The highest BCUT2D eigenvalue weighted by molar-refractivity contribution is 5.50. The molecule has 4 heteroatoms. The lowest BCUT2D eigenvalue weighted by molar-refractivity contribution is 0.614. The summed E-state index contributed by atoms with van der Waals surface area (Å²) in [4.78, 5) is 2.47. The first kappa shape index (κ1) is 13.0. The molecule has 1 aromatic rings. The number of nitrogens with zero attached hydrogens (tertiary/aromatic N) is 3. The third-order valence-electron chi connectivity index (χ3n) is 4.66. The monoisotopic (exact) mass is 262 g/mol. The molecule has 3 rings (SSSR count). The van der Waals surface area contributed by atoms with Crippen LogP contribution in [0.4, 0.5) is 5.82 Å². The molecule has 0 saturated heterocycles. The topological polar surface area (TPSA) is 33.1 Å². The Morgan fingerprint density at radius 1 is 1.26 bits per heavy atom. The molecule has 2 aliphatic rings. The number of aromatic nitrogens is 2. The predicted molar refractivity (Wildman–Crippen MR) is 78.5 cm³/mol. The first-order chi connectivity index (χ1) is 9.16. The summed E-state index contributed by atoms with van der Waals surface area (Å²) in [5.74, 6) is 1.32. The maximum Gasteiger partial charge on any atom is 0.131 e. The van der Waals surface area contributed by atoms with Crippen LogP contribution >= 0.6 is 0 Å². The molecule has 1 N–H and O–H groups in total. The number of nitrogens with one attached hydrogen (secondary N) is 1. The average Bonchev–Trinajstić information content (AvgIpc) is 2.95. The Hall–Kier alpha value is -1.03. The van der Waals surface area contributed by atoms with E-state index in [0.717, 1.165) is 12.6 Å². The summed E-state index contributed by atoms with van der Waals surface area (Å²) in [6.07, 6.45) is 8.09. The van der Waals surface area contributed by atoms with E-state index >= 15 is 0 Å². The minimum atomic E-state index is 0.703. The third-order valence-corrected chi connectivity index (χ3v) is 4.66. The number of anilines is 1. The van der Waals surface area contributed by atoms with Gasteiger partial charge in [-0.05, 0) is 32.6 Å². The van der Waals surface area contributed by atoms with Gasteiger partial charge in [0, 0.05) is 38.3 Å². The van der Waals surface area contributed by atoms with Gasteiger partial charge >= 0.3 is 0 Å². The van der Waals surface area contributed by atoms with Crippen LogP contribution in [0.15, 0.2) is 0 Å². The summed E-state index contributed by atoms with van der Waals surface area (Å²) in [6, 6.07) is 1.46. The molecule has 1 aromatic heterocycles. The largest absolute Gasteiger partial charge is 0.357 e. The van der Waals surface area contributed by atoms with Crippen molar-refractivity contribution in [1.82, 2.24) is 15.1 Å². The van der Waals surface area contributed by atoms with E-state index < -0.39 is 0 Å². The van der Waals surface area contributed by atoms with Crippen LogP contribution in [0.2, 0.25) is 0 Å². The fourth-order valence-electron chi connectivity index (χ4n) is 3.34. The van der Waals surface area contributed by atoms with Crippen molar-refractivity contribution in [2.24, 2.45) is 7.05 Å². The predicted octanol–water partition coefficient (Wildman–Crippen LogP) is 2.36. The van der Waals surface area contributed by atoms with Crippen LogP contribution in [-0.2, 0) is 13.6 Å². The zero-order chi connectivity index (χ0) is 13.4. The number of hydrogen-bond acceptors (Lipinski definition) is 3. The second-order valence-corrected chi connectivity index (χ2v) is 6.22. The first-order valence-electron chi connectivity index (χ1n) is 7.65. The highest BCUT2D eigenvalue weighted by Gasteiger charge is 2.27. The Morgan fingerprint density at radius 2 is 1.95 bits per heavy atom. The Bertz CT molecular complexity index is 441. The summed E-state index contributed by atoms with van der Waals surface area (Å²) < 4.78 is 2.07. The second kappa shape index (κ2) is 5.16. The maximum absolute atomic E-state index is 4.64. The van der Waals surface area contributed by atoms with Gasteiger partial charge < -0.3 is 10.2 Å². The Morgan fingerprint density at radius 3 is 2.58 bits per heavy atom. The Labute approximate surface area is 116 Å². The average molecular weight is 262 g/mol. The highest BCUT2D eigenvalue weighted by atomic mass is 15.4. The van der Waals surface area contributed by atoms with Gasteiger partial charge in [-0.15, -0.1) is 0 Å². The van der Waals surface area contributed by atoms with Crippen LogP contribution < -0.4 is 10.2 Å². The van der Waals surface area contributed by atoms with Gasteiger partial charge in [0.1, 0.15) is 5.82 Å². The zero-order valence-electron chi connectivity index (χ0n) is 12.4. The molecule has 0 radical (unpaired) electrons. The second-order valence-electron chi connectivity index (χ2n) is 6.22. The molecule has 0 aliphatic heterocycles. The minimum Gasteiger partial charge on any atom is -0.357 e. The van der Waals surface area contributed by atoms with Crippen molar-refractivity contribution in [3.05, 3.63) is 11.3 Å². The van der Waals surface area contributed by atoms with E-state index in [1.807, 2.05) is 0 Å². The summed E-state index contributed by atoms with van der Waals surface area (Å²) in [6.45, 7) is 3.10. The van der Waals surface area contributed by atoms with E-state index in [-0.39, 0.29) is 0 Å². The van der Waals surface area contributed by atoms with Gasteiger partial charge in [-0.2, -0.15) is 5.10 Å². The van der Waals surface area contributed by atoms with Crippen molar-refractivity contribution < 1.29 is 0 Å². The molecular formula is C15H26N4. The van der Waals surface area contributed by atoms with Gasteiger partial charge in [0.15, 0.2) is 0 Å². The van der Waals surface area contributed by atoms with Crippen molar-refractivity contribution in [1.29, 1.82) is 0 Å². The van der Waals surface area contributed by atoms with Crippen molar-refractivity contribution in [3.8, 4) is 0 Å². The lowest BCUT2D eigenvalue weighted by Crippen LogP contribution is -2.32. The molecule has 2 saturated carbocycles. The van der Waals surface area contributed by atoms with Gasteiger partial charge in [0.05, 0.1) is 5.69 Å². The molecule has 1 heterocycles. The standard InChI is InChI=1S/C15H26N4/c1-11-14(10-16-12-8-9-12)15(19(3)17-11)18(2)13-6-4-5-7-13/h12-13,16H,4-10H2,1-3H3. The molecule has 0 aromatic carbocycles. The van der Waals surface area contributed by atoms with E-state index in [1.54, 1.807) is 0 Å². The van der Waals surface area contributed by atoms with Crippen LogP contribution in [0, 0.1) is 6.92 Å². The first-order valence-corrected chi connectivity index (χ1v) is 7.65. The van der Waals surface area contributed by atoms with Crippen molar-refractivity contribution in [2.45, 2.75) is 64.1 Å². The summed E-state index contributed by atoms with van der Waals surface area (Å²) in [5, 5.41) is 8.27. The molecular weight excluding hydrogens is 236 g/mol. The molecule has 0 atom stereocenters. The summed E-state index contributed by atoms with van der Waals surface area (Å²) in [7, 11) is 4.32. The van der Waals surface area contributed by atoms with E-state index in [0.29, 0.717) is 6.04 Å². The van der Waals surface area contributed by atoms with Crippen LogP contribution in [-0.4, -0.2) is 28.9 Å². The van der Waals surface area contributed by atoms with E-state index in [9.17, 15) is 0 Å². The third kappa shape index (κ3) is 2.64. The molecule has 4 nitrogen and oxygen atoms in total. The van der Waals surface area contributed by atoms with Crippen LogP contribution in [0.5, 0.6) is 0 Å². The fraction of sp³-hybridized carbons (Fsp3) is 0.800. The minimum absolute atomic E-state index is 0.703. The number of hydrogen-bond donors (Lipinski definition) is 1. The molecule has 0 spiro atoms. The molecule has 19 heavy (non-hydrogen) atoms. The maximum atomic E-state index is 4.64. The fourth-order valence-corrected chi connectivity index (χ4v) is 3.34. The van der Waals surface area contributed by atoms with Crippen LogP contribution in [0.1, 0.15) is 49.8 Å². The molecule has 106 valence electrons. The highest BCUT2D eigenvalue weighted by Crippen LogP contribution is 2.31. The lowest BCUT2D eigenvalue weighted by atomic mass is 10.1. The summed E-state index contributed by atoms with van der Waals surface area (Å²) >= 11 is 0. The van der Waals surface area contributed by atoms with E-state index in [1.165, 1.54) is 55.6 Å².